The van der Waals surface area contributed by atoms with Crippen LogP contribution < -0.4 is 0 Å². The number of hydrogen-bond donors (Lipinski definition) is 0. The summed E-state index contributed by atoms with van der Waals surface area (Å²) in [5.41, 5.74) is 0.430. The van der Waals surface area contributed by atoms with Crippen molar-refractivity contribution in [2.45, 2.75) is 52.4 Å². The number of carbonyl (C=O) groups excluding carboxylic acids is 1. The lowest BCUT2D eigenvalue weighted by Gasteiger charge is -2.46. The zero-order valence-electron chi connectivity index (χ0n) is 9.31. The van der Waals surface area contributed by atoms with Crippen molar-refractivity contribution >= 4 is 5.78 Å². The maximum Gasteiger partial charge on any atom is 0.139 e. The Morgan fingerprint density at radius 1 is 1.21 bits per heavy atom. The molecule has 14 heavy (non-hydrogen) atoms. The second-order valence-corrected chi connectivity index (χ2v) is 6.18. The fourth-order valence-corrected chi connectivity index (χ4v) is 4.98. The van der Waals surface area contributed by atoms with Crippen LogP contribution in [0, 0.1) is 22.7 Å². The van der Waals surface area contributed by atoms with Crippen LogP contribution in [0.3, 0.4) is 0 Å². The van der Waals surface area contributed by atoms with E-state index in [-0.39, 0.29) is 5.41 Å². The number of carbonyl (C=O) groups is 1. The highest BCUT2D eigenvalue weighted by Gasteiger charge is 2.66. The SMILES string of the molecule is CC1(C)[C@@H]2CC[C@@H](C2)[C@]12CCCC2=O. The summed E-state index contributed by atoms with van der Waals surface area (Å²) in [5.74, 6) is 2.20. The molecule has 0 aromatic carbocycles. The number of rotatable bonds is 0. The molecule has 0 aromatic heterocycles. The third-order valence-corrected chi connectivity index (χ3v) is 5.77. The predicted molar refractivity (Wildman–Crippen MR) is 55.9 cm³/mol. The van der Waals surface area contributed by atoms with Crippen molar-refractivity contribution < 1.29 is 4.79 Å². The molecule has 0 saturated heterocycles. The predicted octanol–water partition coefficient (Wildman–Crippen LogP) is 3.18. The summed E-state index contributed by atoms with van der Waals surface area (Å²) < 4.78 is 0. The molecule has 0 unspecified atom stereocenters. The normalized spacial score (nSPS) is 49.4. The molecule has 3 atom stereocenters. The molecule has 3 aliphatic rings. The maximum absolute atomic E-state index is 12.2. The Morgan fingerprint density at radius 2 is 1.93 bits per heavy atom. The van der Waals surface area contributed by atoms with Crippen molar-refractivity contribution in [3.8, 4) is 0 Å². The van der Waals surface area contributed by atoms with E-state index in [1.165, 1.54) is 25.7 Å². The quantitative estimate of drug-likeness (QED) is 0.576. The van der Waals surface area contributed by atoms with Gasteiger partial charge in [0.2, 0.25) is 0 Å². The van der Waals surface area contributed by atoms with Crippen molar-refractivity contribution in [1.29, 1.82) is 0 Å². The largest absolute Gasteiger partial charge is 0.299 e. The van der Waals surface area contributed by atoms with E-state index in [1.807, 2.05) is 0 Å². The van der Waals surface area contributed by atoms with Crippen LogP contribution in [0.1, 0.15) is 52.4 Å². The molecule has 3 rings (SSSR count). The van der Waals surface area contributed by atoms with E-state index in [2.05, 4.69) is 13.8 Å². The molecule has 3 fully saturated rings. The fraction of sp³-hybridized carbons (Fsp3) is 0.923. The Balaban J connectivity index is 2.10. The van der Waals surface area contributed by atoms with E-state index < -0.39 is 0 Å². The van der Waals surface area contributed by atoms with Gasteiger partial charge in [0.1, 0.15) is 5.78 Å². The van der Waals surface area contributed by atoms with Crippen LogP contribution in [0.5, 0.6) is 0 Å². The molecule has 1 nitrogen and oxygen atoms in total. The van der Waals surface area contributed by atoms with Crippen molar-refractivity contribution in [2.75, 3.05) is 0 Å². The summed E-state index contributed by atoms with van der Waals surface area (Å²) in [6.07, 6.45) is 7.28. The van der Waals surface area contributed by atoms with Crippen molar-refractivity contribution in [2.24, 2.45) is 22.7 Å². The molecule has 0 N–H and O–H groups in total. The first-order chi connectivity index (χ1) is 6.59. The van der Waals surface area contributed by atoms with Crippen LogP contribution in [0.15, 0.2) is 0 Å². The van der Waals surface area contributed by atoms with Crippen LogP contribution in [-0.4, -0.2) is 5.78 Å². The third-order valence-electron chi connectivity index (χ3n) is 5.77. The molecule has 0 heterocycles. The summed E-state index contributed by atoms with van der Waals surface area (Å²) in [6, 6.07) is 0. The van der Waals surface area contributed by atoms with Gasteiger partial charge < -0.3 is 0 Å². The van der Waals surface area contributed by atoms with E-state index in [0.717, 1.165) is 24.7 Å². The van der Waals surface area contributed by atoms with Gasteiger partial charge in [-0.05, 0) is 49.4 Å². The van der Waals surface area contributed by atoms with Crippen LogP contribution in [0.4, 0.5) is 0 Å². The molecule has 1 heteroatoms. The van der Waals surface area contributed by atoms with Crippen LogP contribution >= 0.6 is 0 Å². The zero-order chi connectivity index (χ0) is 9.97. The summed E-state index contributed by atoms with van der Waals surface area (Å²) >= 11 is 0. The van der Waals surface area contributed by atoms with Crippen LogP contribution in [0.25, 0.3) is 0 Å². The van der Waals surface area contributed by atoms with Gasteiger partial charge in [-0.3, -0.25) is 4.79 Å². The van der Waals surface area contributed by atoms with Crippen molar-refractivity contribution in [1.82, 2.24) is 0 Å². The first-order valence-electron chi connectivity index (χ1n) is 6.12. The molecule has 3 saturated carbocycles. The van der Waals surface area contributed by atoms with Gasteiger partial charge in [-0.25, -0.2) is 0 Å². The van der Waals surface area contributed by atoms with Crippen molar-refractivity contribution in [3.05, 3.63) is 0 Å². The molecule has 3 aliphatic carbocycles. The summed E-state index contributed by atoms with van der Waals surface area (Å²) in [5, 5.41) is 0. The van der Waals surface area contributed by atoms with Gasteiger partial charge in [0.05, 0.1) is 0 Å². The fourth-order valence-electron chi connectivity index (χ4n) is 4.98. The smallest absolute Gasteiger partial charge is 0.139 e. The third kappa shape index (κ3) is 0.730. The minimum absolute atomic E-state index is 0.121. The standard InChI is InChI=1S/C13H20O/c1-12(2)9-5-6-10(8-9)13(12)7-3-4-11(13)14/h9-10H,3-8H2,1-2H3/t9-,10+,13+/m1/s1. The summed E-state index contributed by atoms with van der Waals surface area (Å²) in [7, 11) is 0. The average Bonchev–Trinajstić information content (AvgIpc) is 2.72. The van der Waals surface area contributed by atoms with E-state index >= 15 is 0 Å². The number of hydrogen-bond acceptors (Lipinski definition) is 1. The molecular formula is C13H20O. The Labute approximate surface area is 86.3 Å². The molecule has 0 aliphatic heterocycles. The number of ketones is 1. The molecule has 0 aromatic rings. The second kappa shape index (κ2) is 2.43. The minimum atomic E-state index is 0.121. The van der Waals surface area contributed by atoms with Gasteiger partial charge in [0, 0.05) is 11.8 Å². The summed E-state index contributed by atoms with van der Waals surface area (Å²) in [6.45, 7) is 4.72. The maximum atomic E-state index is 12.2. The topological polar surface area (TPSA) is 17.1 Å². The lowest BCUT2D eigenvalue weighted by Crippen LogP contribution is -2.45. The first-order valence-corrected chi connectivity index (χ1v) is 6.12. The van der Waals surface area contributed by atoms with E-state index in [0.29, 0.717) is 11.2 Å². The van der Waals surface area contributed by atoms with E-state index in [9.17, 15) is 4.79 Å². The van der Waals surface area contributed by atoms with E-state index in [4.69, 9.17) is 0 Å². The Hall–Kier alpha value is -0.330. The second-order valence-electron chi connectivity index (χ2n) is 6.18. The molecular weight excluding hydrogens is 172 g/mol. The van der Waals surface area contributed by atoms with Gasteiger partial charge >= 0.3 is 0 Å². The zero-order valence-corrected chi connectivity index (χ0v) is 9.31. The highest BCUT2D eigenvalue weighted by atomic mass is 16.1. The summed E-state index contributed by atoms with van der Waals surface area (Å²) in [4.78, 5) is 12.2. The Bertz CT molecular complexity index is 292. The minimum Gasteiger partial charge on any atom is -0.299 e. The van der Waals surface area contributed by atoms with Gasteiger partial charge in [0.15, 0.2) is 0 Å². The highest BCUT2D eigenvalue weighted by molar-refractivity contribution is 5.88. The molecule has 0 radical (unpaired) electrons. The Kier molecular flexibility index (Phi) is 1.55. The van der Waals surface area contributed by atoms with Crippen molar-refractivity contribution in [3.63, 3.8) is 0 Å². The monoisotopic (exact) mass is 192 g/mol. The van der Waals surface area contributed by atoms with E-state index in [1.54, 1.807) is 0 Å². The molecule has 2 bridgehead atoms. The van der Waals surface area contributed by atoms with Gasteiger partial charge in [-0.1, -0.05) is 13.8 Å². The average molecular weight is 192 g/mol. The van der Waals surface area contributed by atoms with Gasteiger partial charge in [-0.15, -0.1) is 0 Å². The first kappa shape index (κ1) is 8.94. The molecule has 1 spiro atoms. The Morgan fingerprint density at radius 3 is 2.43 bits per heavy atom. The lowest BCUT2D eigenvalue weighted by atomic mass is 9.56. The van der Waals surface area contributed by atoms with Crippen LogP contribution in [-0.2, 0) is 4.79 Å². The van der Waals surface area contributed by atoms with Gasteiger partial charge in [0.25, 0.3) is 0 Å². The molecule has 78 valence electrons. The van der Waals surface area contributed by atoms with Crippen LogP contribution in [0.2, 0.25) is 0 Å². The number of fused-ring (bicyclic) bond motifs is 3. The highest BCUT2D eigenvalue weighted by Crippen LogP contribution is 2.70. The van der Waals surface area contributed by atoms with Gasteiger partial charge in [-0.2, -0.15) is 0 Å². The lowest BCUT2D eigenvalue weighted by molar-refractivity contribution is -0.136. The number of Topliss-reactive ketones (excluding diaryl/α,β-unsaturated/α-hetero) is 1. The molecule has 0 amide bonds.